The van der Waals surface area contributed by atoms with Gasteiger partial charge in [0.2, 0.25) is 5.91 Å². The molecule has 194 valence electrons. The van der Waals surface area contributed by atoms with Crippen LogP contribution in [-0.2, 0) is 39.4 Å². The number of hydrogen-bond donors (Lipinski definition) is 1. The van der Waals surface area contributed by atoms with E-state index in [4.69, 9.17) is 9.47 Å². The summed E-state index contributed by atoms with van der Waals surface area (Å²) in [5.74, 6) is -2.23. The number of nitrogens with one attached hydrogen (secondary N) is 1. The number of methoxy groups -OCH3 is 1. The smallest absolute Gasteiger partial charge is 0.230 e. The molecule has 5 nitrogen and oxygen atoms in total. The van der Waals surface area contributed by atoms with Crippen molar-refractivity contribution in [1.29, 1.82) is 0 Å². The molecule has 1 N–H and O–H groups in total. The number of halogens is 2. The maximum absolute atomic E-state index is 14.3. The molecule has 2 fully saturated rings. The van der Waals surface area contributed by atoms with Gasteiger partial charge in [-0.05, 0) is 98.0 Å². The van der Waals surface area contributed by atoms with E-state index in [1.165, 1.54) is 34.4 Å². The lowest BCUT2D eigenvalue weighted by molar-refractivity contribution is -0.157. The van der Waals surface area contributed by atoms with E-state index < -0.39 is 23.2 Å². The van der Waals surface area contributed by atoms with Gasteiger partial charge in [0.15, 0.2) is 11.6 Å². The SMILES string of the molecule is COCCCc1cc(C)c(C)c(CN(C(=O)C2CNCC[C@@]23OCc2cc(F)c(F)cc23)C2CC2)c1. The van der Waals surface area contributed by atoms with E-state index in [0.717, 1.165) is 32.3 Å². The highest BCUT2D eigenvalue weighted by atomic mass is 19.2. The number of carbonyl (C=O) groups excluding carboxylic acids is 1. The standard InChI is InChI=1S/C29H36F2N2O3/c1-18-11-20(5-4-10-35-3)12-21(19(18)2)16-33(23-6-7-23)28(34)25-15-32-9-8-29(25)24-14-27(31)26(30)13-22(24)17-36-29/h11-14,23,25,32H,4-10,15-17H2,1-3H3/t25?,29-/m0/s1. The van der Waals surface area contributed by atoms with E-state index in [0.29, 0.717) is 37.2 Å². The highest BCUT2D eigenvalue weighted by molar-refractivity contribution is 5.82. The fourth-order valence-electron chi connectivity index (χ4n) is 5.93. The van der Waals surface area contributed by atoms with Crippen LogP contribution in [0, 0.1) is 31.4 Å². The van der Waals surface area contributed by atoms with Gasteiger partial charge in [-0.3, -0.25) is 4.79 Å². The summed E-state index contributed by atoms with van der Waals surface area (Å²) in [6.07, 6.45) is 4.41. The molecule has 0 radical (unpaired) electrons. The van der Waals surface area contributed by atoms with Crippen molar-refractivity contribution in [3.05, 3.63) is 69.3 Å². The van der Waals surface area contributed by atoms with Crippen LogP contribution in [0.2, 0.25) is 0 Å². The summed E-state index contributed by atoms with van der Waals surface area (Å²) in [6, 6.07) is 7.15. The molecule has 2 atom stereocenters. The number of benzene rings is 2. The number of rotatable bonds is 8. The van der Waals surface area contributed by atoms with Gasteiger partial charge in [0.05, 0.1) is 12.5 Å². The van der Waals surface area contributed by atoms with E-state index in [2.05, 4.69) is 31.3 Å². The molecule has 36 heavy (non-hydrogen) atoms. The fraction of sp³-hybridized carbons (Fsp3) is 0.552. The Morgan fingerprint density at radius 1 is 1.19 bits per heavy atom. The van der Waals surface area contributed by atoms with Gasteiger partial charge in [-0.25, -0.2) is 8.78 Å². The molecule has 0 bridgehead atoms. The summed E-state index contributed by atoms with van der Waals surface area (Å²) in [5, 5.41) is 3.35. The minimum absolute atomic E-state index is 0.0316. The zero-order valence-corrected chi connectivity index (χ0v) is 21.5. The predicted molar refractivity (Wildman–Crippen MR) is 133 cm³/mol. The van der Waals surface area contributed by atoms with E-state index >= 15 is 0 Å². The number of fused-ring (bicyclic) bond motifs is 2. The Labute approximate surface area is 212 Å². The van der Waals surface area contributed by atoms with Gasteiger partial charge in [-0.15, -0.1) is 0 Å². The van der Waals surface area contributed by atoms with Crippen LogP contribution in [0.1, 0.15) is 59.1 Å². The number of carbonyl (C=O) groups is 1. The van der Waals surface area contributed by atoms with Crippen LogP contribution >= 0.6 is 0 Å². The first-order chi connectivity index (χ1) is 17.3. The highest BCUT2D eigenvalue weighted by Gasteiger charge is 2.53. The predicted octanol–water partition coefficient (Wildman–Crippen LogP) is 4.69. The van der Waals surface area contributed by atoms with Crippen LogP contribution in [0.4, 0.5) is 8.78 Å². The Bertz CT molecular complexity index is 1150. The maximum Gasteiger partial charge on any atom is 0.230 e. The summed E-state index contributed by atoms with van der Waals surface area (Å²) in [4.78, 5) is 16.2. The third-order valence-electron chi connectivity index (χ3n) is 8.23. The highest BCUT2D eigenvalue weighted by Crippen LogP contribution is 2.48. The Balaban J connectivity index is 1.44. The molecule has 2 aliphatic heterocycles. The average Bonchev–Trinajstić information content (AvgIpc) is 3.65. The van der Waals surface area contributed by atoms with Crippen molar-refractivity contribution in [1.82, 2.24) is 10.2 Å². The molecule has 1 amide bonds. The zero-order valence-electron chi connectivity index (χ0n) is 21.5. The van der Waals surface area contributed by atoms with Gasteiger partial charge in [0.1, 0.15) is 5.60 Å². The molecule has 1 unspecified atom stereocenters. The van der Waals surface area contributed by atoms with Gasteiger partial charge < -0.3 is 19.7 Å². The molecule has 1 saturated carbocycles. The van der Waals surface area contributed by atoms with Crippen LogP contribution in [0.15, 0.2) is 24.3 Å². The molecule has 1 spiro atoms. The molecule has 0 aromatic heterocycles. The second kappa shape index (κ2) is 10.2. The third kappa shape index (κ3) is 4.69. The lowest BCUT2D eigenvalue weighted by Gasteiger charge is -2.43. The number of aryl methyl sites for hydroxylation is 2. The van der Waals surface area contributed by atoms with Gasteiger partial charge in [0, 0.05) is 32.8 Å². The molecule has 2 heterocycles. The summed E-state index contributed by atoms with van der Waals surface area (Å²) in [6.45, 7) is 6.82. The molecule has 2 aromatic rings. The summed E-state index contributed by atoms with van der Waals surface area (Å²) in [7, 11) is 1.72. The zero-order chi connectivity index (χ0) is 25.4. The average molecular weight is 499 g/mol. The van der Waals surface area contributed by atoms with Gasteiger partial charge in [-0.2, -0.15) is 0 Å². The molecule has 1 aliphatic carbocycles. The lowest BCUT2D eigenvalue weighted by atomic mass is 9.75. The van der Waals surface area contributed by atoms with E-state index in [9.17, 15) is 13.6 Å². The van der Waals surface area contributed by atoms with Crippen molar-refractivity contribution in [3.63, 3.8) is 0 Å². The molecule has 2 aromatic carbocycles. The Kier molecular flexibility index (Phi) is 7.16. The van der Waals surface area contributed by atoms with Crippen LogP contribution < -0.4 is 5.32 Å². The van der Waals surface area contributed by atoms with Gasteiger partial charge >= 0.3 is 0 Å². The number of nitrogens with zero attached hydrogens (tertiary/aromatic N) is 1. The molecule has 3 aliphatic rings. The van der Waals surface area contributed by atoms with Crippen molar-refractivity contribution >= 4 is 5.91 Å². The molecular weight excluding hydrogens is 462 g/mol. The minimum atomic E-state index is -0.924. The maximum atomic E-state index is 14.3. The number of ether oxygens (including phenoxy) is 2. The second-order valence-electron chi connectivity index (χ2n) is 10.6. The summed E-state index contributed by atoms with van der Waals surface area (Å²) in [5.41, 5.74) is 5.21. The molecule has 1 saturated heterocycles. The van der Waals surface area contributed by atoms with Crippen molar-refractivity contribution in [2.45, 2.75) is 70.7 Å². The first-order valence-electron chi connectivity index (χ1n) is 13.1. The second-order valence-corrected chi connectivity index (χ2v) is 10.6. The number of hydrogen-bond acceptors (Lipinski definition) is 4. The topological polar surface area (TPSA) is 50.8 Å². The largest absolute Gasteiger partial charge is 0.385 e. The fourth-order valence-corrected chi connectivity index (χ4v) is 5.93. The molecular formula is C29H36F2N2O3. The van der Waals surface area contributed by atoms with E-state index in [1.54, 1.807) is 7.11 Å². The lowest BCUT2D eigenvalue weighted by Crippen LogP contribution is -2.55. The monoisotopic (exact) mass is 498 g/mol. The Morgan fingerprint density at radius 3 is 2.72 bits per heavy atom. The summed E-state index contributed by atoms with van der Waals surface area (Å²) < 4.78 is 39.8. The molecule has 7 heteroatoms. The number of piperidine rings is 1. The first-order valence-corrected chi connectivity index (χ1v) is 13.1. The van der Waals surface area contributed by atoms with Crippen LogP contribution in [0.25, 0.3) is 0 Å². The third-order valence-corrected chi connectivity index (χ3v) is 8.23. The van der Waals surface area contributed by atoms with Gasteiger partial charge in [0.25, 0.3) is 0 Å². The van der Waals surface area contributed by atoms with Crippen molar-refractivity contribution in [2.24, 2.45) is 5.92 Å². The number of amides is 1. The van der Waals surface area contributed by atoms with E-state index in [1.807, 2.05) is 4.90 Å². The first kappa shape index (κ1) is 25.3. The Morgan fingerprint density at radius 2 is 1.97 bits per heavy atom. The molecule has 5 rings (SSSR count). The van der Waals surface area contributed by atoms with Crippen molar-refractivity contribution in [3.8, 4) is 0 Å². The van der Waals surface area contributed by atoms with Crippen molar-refractivity contribution in [2.75, 3.05) is 26.8 Å². The quantitative estimate of drug-likeness (QED) is 0.537. The van der Waals surface area contributed by atoms with E-state index in [-0.39, 0.29) is 18.6 Å². The van der Waals surface area contributed by atoms with Crippen LogP contribution in [0.5, 0.6) is 0 Å². The van der Waals surface area contributed by atoms with Crippen LogP contribution in [0.3, 0.4) is 0 Å². The summed E-state index contributed by atoms with van der Waals surface area (Å²) >= 11 is 0. The van der Waals surface area contributed by atoms with Gasteiger partial charge in [-0.1, -0.05) is 12.1 Å². The Hall–Kier alpha value is -2.35. The normalized spacial score (nSPS) is 23.2. The van der Waals surface area contributed by atoms with Crippen LogP contribution in [-0.4, -0.2) is 43.7 Å². The van der Waals surface area contributed by atoms with Crippen molar-refractivity contribution < 1.29 is 23.0 Å². The minimum Gasteiger partial charge on any atom is -0.385 e.